The highest BCUT2D eigenvalue weighted by Crippen LogP contribution is 2.21. The predicted molar refractivity (Wildman–Crippen MR) is 129 cm³/mol. The highest BCUT2D eigenvalue weighted by atomic mass is 79.9. The molecule has 10 nitrogen and oxygen atoms in total. The van der Waals surface area contributed by atoms with Gasteiger partial charge in [0, 0.05) is 34.8 Å². The maximum Gasteiger partial charge on any atom is 0.490 e. The molecule has 1 fully saturated rings. The Kier molecular flexibility index (Phi) is 7.64. The third-order valence-electron chi connectivity index (χ3n) is 4.95. The molecule has 0 spiro atoms. The number of aliphatic carboxylic acids is 1. The maximum absolute atomic E-state index is 10.6. The molecule has 1 aliphatic rings. The lowest BCUT2D eigenvalue weighted by Crippen LogP contribution is -2.37. The number of nitrogens with one attached hydrogen (secondary N) is 1. The van der Waals surface area contributed by atoms with Crippen molar-refractivity contribution in [2.24, 2.45) is 0 Å². The van der Waals surface area contributed by atoms with E-state index in [0.29, 0.717) is 19.2 Å². The standard InChI is InChI=1S/C20H18BrN7O.C2HF3O2/c21-15-1-6-18-14(11-15)12-22-19(25-18)24-16-2-4-17(5-3-16)28-13-23-20(26-28)27-7-9-29-10-8-27;3-2(4,5)1(6)7/h1-6,11-13H,7-10H2,(H,22,24,25);(H,6,7). The van der Waals surface area contributed by atoms with Crippen molar-refractivity contribution in [1.82, 2.24) is 24.7 Å². The summed E-state index contributed by atoms with van der Waals surface area (Å²) in [6, 6.07) is 13.8. The molecule has 0 atom stereocenters. The molecule has 1 aliphatic heterocycles. The zero-order valence-electron chi connectivity index (χ0n) is 18.5. The highest BCUT2D eigenvalue weighted by molar-refractivity contribution is 9.10. The van der Waals surface area contributed by atoms with Crippen LogP contribution in [0.1, 0.15) is 0 Å². The van der Waals surface area contributed by atoms with Gasteiger partial charge in [0.25, 0.3) is 0 Å². The molecule has 14 heteroatoms. The molecule has 3 heterocycles. The summed E-state index contributed by atoms with van der Waals surface area (Å²) >= 11 is 3.46. The Morgan fingerprint density at radius 3 is 2.44 bits per heavy atom. The van der Waals surface area contributed by atoms with Gasteiger partial charge in [0.15, 0.2) is 0 Å². The molecule has 0 bridgehead atoms. The largest absolute Gasteiger partial charge is 0.490 e. The van der Waals surface area contributed by atoms with Gasteiger partial charge < -0.3 is 20.1 Å². The lowest BCUT2D eigenvalue weighted by molar-refractivity contribution is -0.192. The molecule has 0 saturated carbocycles. The molecule has 0 amide bonds. The van der Waals surface area contributed by atoms with Crippen molar-refractivity contribution < 1.29 is 27.8 Å². The first-order valence-corrected chi connectivity index (χ1v) is 11.3. The summed E-state index contributed by atoms with van der Waals surface area (Å²) in [6.07, 6.45) is -1.54. The van der Waals surface area contributed by atoms with E-state index in [2.05, 4.69) is 46.2 Å². The summed E-state index contributed by atoms with van der Waals surface area (Å²) < 4.78 is 39.9. The normalized spacial score (nSPS) is 13.7. The van der Waals surface area contributed by atoms with E-state index in [9.17, 15) is 13.2 Å². The molecule has 1 saturated heterocycles. The van der Waals surface area contributed by atoms with Crippen molar-refractivity contribution in [3.05, 3.63) is 59.5 Å². The van der Waals surface area contributed by atoms with Gasteiger partial charge in [0.1, 0.15) is 6.33 Å². The number of benzene rings is 2. The molecule has 0 aliphatic carbocycles. The number of carboxylic acid groups (broad SMARTS) is 1. The van der Waals surface area contributed by atoms with Gasteiger partial charge in [-0.25, -0.2) is 19.4 Å². The summed E-state index contributed by atoms with van der Waals surface area (Å²) in [4.78, 5) is 24.4. The number of carbonyl (C=O) groups is 1. The number of morpholine rings is 1. The zero-order chi connectivity index (χ0) is 25.7. The van der Waals surface area contributed by atoms with Crippen LogP contribution < -0.4 is 10.2 Å². The fourth-order valence-electron chi connectivity index (χ4n) is 3.18. The van der Waals surface area contributed by atoms with Crippen molar-refractivity contribution in [3.8, 4) is 5.69 Å². The SMILES string of the molecule is Brc1ccc2nc(Nc3ccc(-n4cnc(N5CCOCC5)n4)cc3)ncc2c1.O=C(O)C(F)(F)F. The molecular formula is C22H19BrF3N7O3. The van der Waals surface area contributed by atoms with Gasteiger partial charge in [0.05, 0.1) is 24.4 Å². The molecule has 2 aromatic carbocycles. The molecule has 2 N–H and O–H groups in total. The number of alkyl halides is 3. The second-order valence-electron chi connectivity index (χ2n) is 7.46. The predicted octanol–water partition coefficient (Wildman–Crippen LogP) is 4.19. The van der Waals surface area contributed by atoms with Crippen molar-refractivity contribution in [3.63, 3.8) is 0 Å². The van der Waals surface area contributed by atoms with Gasteiger partial charge in [-0.15, -0.1) is 5.10 Å². The van der Waals surface area contributed by atoms with Crippen LogP contribution in [0.4, 0.5) is 30.8 Å². The van der Waals surface area contributed by atoms with Crippen LogP contribution in [-0.2, 0) is 9.53 Å². The molecular weight excluding hydrogens is 547 g/mol. The van der Waals surface area contributed by atoms with Crippen molar-refractivity contribution >= 4 is 50.4 Å². The summed E-state index contributed by atoms with van der Waals surface area (Å²) in [7, 11) is 0. The second kappa shape index (κ2) is 10.9. The first-order valence-electron chi connectivity index (χ1n) is 10.5. The van der Waals surface area contributed by atoms with Crippen molar-refractivity contribution in [1.29, 1.82) is 0 Å². The van der Waals surface area contributed by atoms with Crippen LogP contribution in [0.2, 0.25) is 0 Å². The topological polar surface area (TPSA) is 118 Å². The Hall–Kier alpha value is -3.78. The Balaban J connectivity index is 0.000000384. The van der Waals surface area contributed by atoms with E-state index in [1.54, 1.807) is 11.0 Å². The van der Waals surface area contributed by atoms with Gasteiger partial charge in [0.2, 0.25) is 11.9 Å². The average molecular weight is 566 g/mol. The maximum atomic E-state index is 10.6. The summed E-state index contributed by atoms with van der Waals surface area (Å²) in [6.45, 7) is 3.05. The lowest BCUT2D eigenvalue weighted by atomic mass is 10.2. The number of rotatable bonds is 4. The zero-order valence-corrected chi connectivity index (χ0v) is 20.1. The molecule has 188 valence electrons. The van der Waals surface area contributed by atoms with Gasteiger partial charge in [-0.05, 0) is 42.5 Å². The smallest absolute Gasteiger partial charge is 0.475 e. The minimum atomic E-state index is -5.08. The Bertz CT molecular complexity index is 1340. The minimum Gasteiger partial charge on any atom is -0.475 e. The van der Waals surface area contributed by atoms with Crippen molar-refractivity contribution in [2.75, 3.05) is 36.5 Å². The van der Waals surface area contributed by atoms with Gasteiger partial charge in [-0.3, -0.25) is 0 Å². The van der Waals surface area contributed by atoms with Gasteiger partial charge in [-0.2, -0.15) is 18.2 Å². The van der Waals surface area contributed by atoms with Crippen LogP contribution in [0.15, 0.2) is 59.5 Å². The molecule has 4 aromatic rings. The minimum absolute atomic E-state index is 0.558. The van der Waals surface area contributed by atoms with E-state index in [0.717, 1.165) is 45.8 Å². The van der Waals surface area contributed by atoms with Gasteiger partial charge >= 0.3 is 12.1 Å². The van der Waals surface area contributed by atoms with Crippen LogP contribution in [-0.4, -0.2) is 68.3 Å². The van der Waals surface area contributed by atoms with Crippen molar-refractivity contribution in [2.45, 2.75) is 6.18 Å². The van der Waals surface area contributed by atoms with E-state index in [4.69, 9.17) is 14.6 Å². The second-order valence-corrected chi connectivity index (χ2v) is 8.38. The monoisotopic (exact) mass is 565 g/mol. The van der Waals surface area contributed by atoms with E-state index in [1.807, 2.05) is 48.7 Å². The first-order chi connectivity index (χ1) is 17.2. The fourth-order valence-corrected chi connectivity index (χ4v) is 3.56. The molecule has 0 unspecified atom stereocenters. The summed E-state index contributed by atoms with van der Waals surface area (Å²) in [5, 5.41) is 15.9. The summed E-state index contributed by atoms with van der Waals surface area (Å²) in [5.41, 5.74) is 2.73. The number of hydrogen-bond donors (Lipinski definition) is 2. The van der Waals surface area contributed by atoms with E-state index in [-0.39, 0.29) is 0 Å². The Morgan fingerprint density at radius 2 is 1.78 bits per heavy atom. The average Bonchev–Trinajstić information content (AvgIpc) is 3.35. The highest BCUT2D eigenvalue weighted by Gasteiger charge is 2.38. The Morgan fingerprint density at radius 1 is 1.08 bits per heavy atom. The third kappa shape index (κ3) is 6.46. The quantitative estimate of drug-likeness (QED) is 0.375. The number of aromatic nitrogens is 5. The number of nitrogens with zero attached hydrogens (tertiary/aromatic N) is 6. The number of anilines is 3. The third-order valence-corrected chi connectivity index (χ3v) is 5.44. The molecule has 5 rings (SSSR count). The van der Waals surface area contributed by atoms with E-state index >= 15 is 0 Å². The fraction of sp³-hybridized carbons (Fsp3) is 0.227. The van der Waals surface area contributed by atoms with Crippen LogP contribution >= 0.6 is 15.9 Å². The molecule has 0 radical (unpaired) electrons. The van der Waals surface area contributed by atoms with Crippen LogP contribution in [0.25, 0.3) is 16.6 Å². The van der Waals surface area contributed by atoms with E-state index in [1.165, 1.54) is 0 Å². The number of ether oxygens (including phenoxy) is 1. The first kappa shape index (κ1) is 25.3. The molecule has 2 aromatic heterocycles. The van der Waals surface area contributed by atoms with E-state index < -0.39 is 12.1 Å². The summed E-state index contributed by atoms with van der Waals surface area (Å²) in [5.74, 6) is -1.47. The van der Waals surface area contributed by atoms with Gasteiger partial charge in [-0.1, -0.05) is 15.9 Å². The van der Waals surface area contributed by atoms with Crippen LogP contribution in [0.3, 0.4) is 0 Å². The lowest BCUT2D eigenvalue weighted by Gasteiger charge is -2.25. The van der Waals surface area contributed by atoms with Crippen LogP contribution in [0, 0.1) is 0 Å². The number of hydrogen-bond acceptors (Lipinski definition) is 8. The number of halogens is 4. The van der Waals surface area contributed by atoms with Crippen LogP contribution in [0.5, 0.6) is 0 Å². The number of fused-ring (bicyclic) bond motifs is 1. The molecule has 36 heavy (non-hydrogen) atoms. The number of carboxylic acids is 1. The Labute approximate surface area is 210 Å².